The molecule has 0 aromatic rings. The minimum absolute atomic E-state index is 0.225. The van der Waals surface area contributed by atoms with E-state index in [1.54, 1.807) is 0 Å². The molecule has 1 aliphatic heterocycles. The normalized spacial score (nSPS) is 28.3. The molecule has 0 aromatic carbocycles. The van der Waals surface area contributed by atoms with Crippen LogP contribution in [0.5, 0.6) is 0 Å². The van der Waals surface area contributed by atoms with E-state index in [0.29, 0.717) is 13.0 Å². The molecule has 0 spiro atoms. The molecule has 1 rings (SSSR count). The predicted octanol–water partition coefficient (Wildman–Crippen LogP) is 1.51. The quantitative estimate of drug-likeness (QED) is 0.468. The summed E-state index contributed by atoms with van der Waals surface area (Å²) in [5, 5.41) is 0. The molecule has 70 valence electrons. The molecule has 0 amide bonds. The monoisotopic (exact) mass is 172 g/mol. The van der Waals surface area contributed by atoms with Gasteiger partial charge < -0.3 is 9.47 Å². The Labute approximate surface area is 73.0 Å². The summed E-state index contributed by atoms with van der Waals surface area (Å²) < 4.78 is 10.3. The van der Waals surface area contributed by atoms with Crippen molar-refractivity contribution in [1.29, 1.82) is 0 Å². The van der Waals surface area contributed by atoms with Crippen LogP contribution in [0.15, 0.2) is 0 Å². The van der Waals surface area contributed by atoms with Crippen molar-refractivity contribution < 1.29 is 14.3 Å². The Morgan fingerprint density at radius 2 is 2.08 bits per heavy atom. The van der Waals surface area contributed by atoms with Crippen molar-refractivity contribution in [2.75, 3.05) is 6.61 Å². The van der Waals surface area contributed by atoms with Gasteiger partial charge in [-0.25, -0.2) is 4.79 Å². The standard InChI is InChI=1S/C9H16O3/c1-5-9(6-11-9)7(10)12-8(2,3)4/h5-6H2,1-4H3. The molecule has 1 saturated heterocycles. The third kappa shape index (κ3) is 1.97. The Hall–Kier alpha value is -0.570. The summed E-state index contributed by atoms with van der Waals surface area (Å²) in [5.41, 5.74) is -1.02. The molecule has 12 heavy (non-hydrogen) atoms. The van der Waals surface area contributed by atoms with E-state index in [0.717, 1.165) is 0 Å². The topological polar surface area (TPSA) is 38.8 Å². The van der Waals surface area contributed by atoms with Gasteiger partial charge in [-0.1, -0.05) is 6.92 Å². The molecule has 0 radical (unpaired) electrons. The molecule has 0 aromatic heterocycles. The first kappa shape index (κ1) is 9.52. The summed E-state index contributed by atoms with van der Waals surface area (Å²) in [5.74, 6) is -0.225. The van der Waals surface area contributed by atoms with Crippen LogP contribution in [-0.4, -0.2) is 23.8 Å². The SMILES string of the molecule is CCC1(C(=O)OC(C)(C)C)CO1. The summed E-state index contributed by atoms with van der Waals surface area (Å²) in [6.45, 7) is 8.01. The average Bonchev–Trinajstić information content (AvgIpc) is 2.62. The van der Waals surface area contributed by atoms with Crippen molar-refractivity contribution in [2.24, 2.45) is 0 Å². The third-order valence-electron chi connectivity index (χ3n) is 1.83. The van der Waals surface area contributed by atoms with Crippen molar-refractivity contribution in [3.8, 4) is 0 Å². The highest BCUT2D eigenvalue weighted by atomic mass is 16.6. The molecule has 1 fully saturated rings. The highest BCUT2D eigenvalue weighted by Crippen LogP contribution is 2.33. The zero-order valence-corrected chi connectivity index (χ0v) is 8.14. The Bertz CT molecular complexity index is 186. The van der Waals surface area contributed by atoms with Crippen LogP contribution in [-0.2, 0) is 14.3 Å². The first-order chi connectivity index (χ1) is 5.40. The summed E-state index contributed by atoms with van der Waals surface area (Å²) >= 11 is 0. The van der Waals surface area contributed by atoms with E-state index < -0.39 is 11.2 Å². The highest BCUT2D eigenvalue weighted by Gasteiger charge is 2.53. The second kappa shape index (κ2) is 2.73. The van der Waals surface area contributed by atoms with Gasteiger partial charge in [0.2, 0.25) is 0 Å². The van der Waals surface area contributed by atoms with Gasteiger partial charge in [0.25, 0.3) is 0 Å². The summed E-state index contributed by atoms with van der Waals surface area (Å²) in [7, 11) is 0. The van der Waals surface area contributed by atoms with E-state index in [1.165, 1.54) is 0 Å². The first-order valence-electron chi connectivity index (χ1n) is 4.27. The maximum absolute atomic E-state index is 11.4. The minimum Gasteiger partial charge on any atom is -0.458 e. The molecule has 3 heteroatoms. The van der Waals surface area contributed by atoms with Gasteiger partial charge in [0.05, 0.1) is 6.61 Å². The van der Waals surface area contributed by atoms with Crippen LogP contribution in [0.1, 0.15) is 34.1 Å². The van der Waals surface area contributed by atoms with E-state index in [2.05, 4.69) is 0 Å². The number of epoxide rings is 1. The van der Waals surface area contributed by atoms with E-state index in [9.17, 15) is 4.79 Å². The van der Waals surface area contributed by atoms with Crippen molar-refractivity contribution in [3.05, 3.63) is 0 Å². The summed E-state index contributed by atoms with van der Waals surface area (Å²) in [4.78, 5) is 11.4. The number of rotatable bonds is 2. The zero-order chi connectivity index (χ0) is 9.41. The fourth-order valence-electron chi connectivity index (χ4n) is 0.925. The maximum atomic E-state index is 11.4. The number of esters is 1. The van der Waals surface area contributed by atoms with Crippen molar-refractivity contribution in [3.63, 3.8) is 0 Å². The lowest BCUT2D eigenvalue weighted by atomic mass is 10.1. The Morgan fingerprint density at radius 3 is 2.33 bits per heavy atom. The van der Waals surface area contributed by atoms with Crippen molar-refractivity contribution in [1.82, 2.24) is 0 Å². The second-order valence-electron chi connectivity index (χ2n) is 4.14. The molecular weight excluding hydrogens is 156 g/mol. The van der Waals surface area contributed by atoms with E-state index in [-0.39, 0.29) is 5.97 Å². The Morgan fingerprint density at radius 1 is 1.58 bits per heavy atom. The lowest BCUT2D eigenvalue weighted by Crippen LogP contribution is -2.33. The number of hydrogen-bond donors (Lipinski definition) is 0. The van der Waals surface area contributed by atoms with E-state index in [1.807, 2.05) is 27.7 Å². The summed E-state index contributed by atoms with van der Waals surface area (Å²) in [6, 6.07) is 0. The predicted molar refractivity (Wildman–Crippen MR) is 44.8 cm³/mol. The first-order valence-corrected chi connectivity index (χ1v) is 4.27. The van der Waals surface area contributed by atoms with Gasteiger partial charge in [-0.2, -0.15) is 0 Å². The second-order valence-corrected chi connectivity index (χ2v) is 4.14. The molecule has 0 aliphatic carbocycles. The number of hydrogen-bond acceptors (Lipinski definition) is 3. The van der Waals surface area contributed by atoms with Crippen LogP contribution < -0.4 is 0 Å². The molecule has 3 nitrogen and oxygen atoms in total. The number of carbonyl (C=O) groups is 1. The maximum Gasteiger partial charge on any atom is 0.341 e. The van der Waals surface area contributed by atoms with Gasteiger partial charge in [0.15, 0.2) is 5.60 Å². The Balaban J connectivity index is 2.49. The van der Waals surface area contributed by atoms with Gasteiger partial charge in [-0.15, -0.1) is 0 Å². The molecule has 1 unspecified atom stereocenters. The zero-order valence-electron chi connectivity index (χ0n) is 8.14. The van der Waals surface area contributed by atoms with E-state index in [4.69, 9.17) is 9.47 Å². The van der Waals surface area contributed by atoms with Crippen LogP contribution in [0.3, 0.4) is 0 Å². The van der Waals surface area contributed by atoms with Crippen LogP contribution >= 0.6 is 0 Å². The van der Waals surface area contributed by atoms with Crippen LogP contribution in [0.25, 0.3) is 0 Å². The fraction of sp³-hybridized carbons (Fsp3) is 0.889. The van der Waals surface area contributed by atoms with Crippen LogP contribution in [0, 0.1) is 0 Å². The molecule has 0 saturated carbocycles. The van der Waals surface area contributed by atoms with Crippen LogP contribution in [0.4, 0.5) is 0 Å². The fourth-order valence-corrected chi connectivity index (χ4v) is 0.925. The lowest BCUT2D eigenvalue weighted by molar-refractivity contribution is -0.161. The highest BCUT2D eigenvalue weighted by molar-refractivity contribution is 5.82. The lowest BCUT2D eigenvalue weighted by Gasteiger charge is -2.21. The number of carbonyl (C=O) groups excluding carboxylic acids is 1. The molecule has 1 heterocycles. The van der Waals surface area contributed by atoms with Gasteiger partial charge in [0, 0.05) is 0 Å². The molecule has 1 aliphatic rings. The van der Waals surface area contributed by atoms with Crippen molar-refractivity contribution in [2.45, 2.75) is 45.3 Å². The van der Waals surface area contributed by atoms with Crippen LogP contribution in [0.2, 0.25) is 0 Å². The van der Waals surface area contributed by atoms with Gasteiger partial charge in [-0.3, -0.25) is 0 Å². The molecule has 0 N–H and O–H groups in total. The summed E-state index contributed by atoms with van der Waals surface area (Å²) in [6.07, 6.45) is 0.696. The Kier molecular flexibility index (Phi) is 2.17. The molecule has 1 atom stereocenters. The molecular formula is C9H16O3. The molecule has 0 bridgehead atoms. The third-order valence-corrected chi connectivity index (χ3v) is 1.83. The average molecular weight is 172 g/mol. The van der Waals surface area contributed by atoms with Gasteiger partial charge in [0.1, 0.15) is 5.60 Å². The largest absolute Gasteiger partial charge is 0.458 e. The van der Waals surface area contributed by atoms with Crippen molar-refractivity contribution >= 4 is 5.97 Å². The van der Waals surface area contributed by atoms with Gasteiger partial charge in [-0.05, 0) is 27.2 Å². The van der Waals surface area contributed by atoms with E-state index >= 15 is 0 Å². The van der Waals surface area contributed by atoms with Gasteiger partial charge >= 0.3 is 5.97 Å². The number of ether oxygens (including phenoxy) is 2. The minimum atomic E-state index is -0.604. The smallest absolute Gasteiger partial charge is 0.341 e.